The second kappa shape index (κ2) is 7.28. The van der Waals surface area contributed by atoms with Crippen LogP contribution in [0.5, 0.6) is 11.5 Å². The number of ketones is 2. The third-order valence-corrected chi connectivity index (χ3v) is 5.80. The van der Waals surface area contributed by atoms with Gasteiger partial charge in [0, 0.05) is 22.8 Å². The van der Waals surface area contributed by atoms with Gasteiger partial charge in [0.05, 0.1) is 35.8 Å². The molecular weight excluding hydrogens is 414 g/mol. The van der Waals surface area contributed by atoms with Gasteiger partial charge in [-0.05, 0) is 12.1 Å². The normalized spacial score (nSPS) is 18.6. The number of carbonyl (C=O) groups is 2. The lowest BCUT2D eigenvalue weighted by atomic mass is 9.81. The summed E-state index contributed by atoms with van der Waals surface area (Å²) < 4.78 is 16.9. The highest BCUT2D eigenvalue weighted by Gasteiger charge is 2.48. The summed E-state index contributed by atoms with van der Waals surface area (Å²) in [6.07, 6.45) is -1.18. The quantitative estimate of drug-likeness (QED) is 0.265. The first-order valence-corrected chi connectivity index (χ1v) is 9.84. The third-order valence-electron chi connectivity index (χ3n) is 5.80. The number of methoxy groups -OCH3 is 2. The summed E-state index contributed by atoms with van der Waals surface area (Å²) in [6, 6.07) is 14.5. The molecule has 32 heavy (non-hydrogen) atoms. The number of hydrogen-bond donors (Lipinski definition) is 0. The molecule has 160 valence electrons. The smallest absolute Gasteiger partial charge is 0.275 e. The van der Waals surface area contributed by atoms with E-state index in [1.165, 1.54) is 20.3 Å². The molecular formula is C24H17NO7. The summed E-state index contributed by atoms with van der Waals surface area (Å²) in [6.45, 7) is 0. The number of fused-ring (bicyclic) bond motifs is 2. The Balaban J connectivity index is 1.66. The van der Waals surface area contributed by atoms with Gasteiger partial charge in [-0.2, -0.15) is 0 Å². The van der Waals surface area contributed by atoms with Crippen molar-refractivity contribution in [3.05, 3.63) is 98.1 Å². The summed E-state index contributed by atoms with van der Waals surface area (Å²) in [4.78, 5) is 37.6. The topological polar surface area (TPSA) is 108 Å². The van der Waals surface area contributed by atoms with Crippen LogP contribution in [-0.2, 0) is 4.74 Å². The van der Waals surface area contributed by atoms with Gasteiger partial charge in [-0.25, -0.2) is 0 Å². The number of rotatable bonds is 5. The Morgan fingerprint density at radius 1 is 0.844 bits per heavy atom. The van der Waals surface area contributed by atoms with Crippen molar-refractivity contribution in [1.29, 1.82) is 0 Å². The Bertz CT molecular complexity index is 1310. The molecule has 0 saturated carbocycles. The van der Waals surface area contributed by atoms with Gasteiger partial charge in [0.15, 0.2) is 11.6 Å². The molecule has 3 aromatic carbocycles. The second-order valence-electron chi connectivity index (χ2n) is 7.45. The first-order valence-electron chi connectivity index (χ1n) is 9.84. The van der Waals surface area contributed by atoms with Gasteiger partial charge in [-0.15, -0.1) is 0 Å². The molecule has 1 fully saturated rings. The molecule has 8 nitrogen and oxygen atoms in total. The molecule has 0 radical (unpaired) electrons. The SMILES string of the molecule is COc1cc(C2OC2c2ccccc2[N+](=O)[O-])c(OC)c2c1C(=O)c1ccccc1C2=O. The van der Waals surface area contributed by atoms with Gasteiger partial charge >= 0.3 is 0 Å². The van der Waals surface area contributed by atoms with E-state index in [-0.39, 0.29) is 45.4 Å². The minimum atomic E-state index is -0.592. The highest BCUT2D eigenvalue weighted by molar-refractivity contribution is 6.30. The van der Waals surface area contributed by atoms with Crippen molar-refractivity contribution in [2.45, 2.75) is 12.2 Å². The maximum Gasteiger partial charge on any atom is 0.275 e. The lowest BCUT2D eigenvalue weighted by Gasteiger charge is -2.23. The molecule has 1 aliphatic carbocycles. The van der Waals surface area contributed by atoms with Crippen LogP contribution in [0.3, 0.4) is 0 Å². The minimum Gasteiger partial charge on any atom is -0.496 e. The molecule has 0 bridgehead atoms. The molecule has 5 rings (SSSR count). The number of nitrogens with zero attached hydrogens (tertiary/aromatic N) is 1. The second-order valence-corrected chi connectivity index (χ2v) is 7.45. The fraction of sp³-hybridized carbons (Fsp3) is 0.167. The average Bonchev–Trinajstić information content (AvgIpc) is 3.61. The standard InChI is InChI=1S/C24H17NO7/c1-30-17-11-15(24-23(32-24)14-9-5-6-10-16(14)25(28)29)22(31-2)19-18(17)20(26)12-7-3-4-8-13(12)21(19)27/h3-11,23-24H,1-2H3. The zero-order valence-electron chi connectivity index (χ0n) is 17.2. The number of nitro groups is 1. The summed E-state index contributed by atoms with van der Waals surface area (Å²) in [5.41, 5.74) is 1.71. The summed E-state index contributed by atoms with van der Waals surface area (Å²) >= 11 is 0. The molecule has 1 heterocycles. The molecule has 8 heteroatoms. The average molecular weight is 431 g/mol. The van der Waals surface area contributed by atoms with Crippen LogP contribution < -0.4 is 9.47 Å². The zero-order valence-corrected chi connectivity index (χ0v) is 17.2. The molecule has 1 aliphatic heterocycles. The Labute approximate surface area is 182 Å². The van der Waals surface area contributed by atoms with Crippen LogP contribution in [0.25, 0.3) is 0 Å². The Kier molecular flexibility index (Phi) is 4.53. The Morgan fingerprint density at radius 2 is 1.44 bits per heavy atom. The largest absolute Gasteiger partial charge is 0.496 e. The van der Waals surface area contributed by atoms with Gasteiger partial charge < -0.3 is 14.2 Å². The first kappa shape index (κ1) is 19.9. The van der Waals surface area contributed by atoms with Crippen LogP contribution in [0, 0.1) is 10.1 Å². The fourth-order valence-electron chi connectivity index (χ4n) is 4.32. The van der Waals surface area contributed by atoms with Crippen molar-refractivity contribution in [2.75, 3.05) is 14.2 Å². The van der Waals surface area contributed by atoms with E-state index >= 15 is 0 Å². The van der Waals surface area contributed by atoms with Crippen LogP contribution in [0.15, 0.2) is 54.6 Å². The Hall–Kier alpha value is -4.04. The number of para-hydroxylation sites is 1. The number of ether oxygens (including phenoxy) is 3. The Morgan fingerprint density at radius 3 is 2.06 bits per heavy atom. The molecule has 3 aromatic rings. The van der Waals surface area contributed by atoms with Gasteiger partial charge in [0.1, 0.15) is 23.7 Å². The predicted molar refractivity (Wildman–Crippen MR) is 113 cm³/mol. The fourth-order valence-corrected chi connectivity index (χ4v) is 4.32. The predicted octanol–water partition coefficient (Wildman–Crippen LogP) is 4.20. The molecule has 0 amide bonds. The lowest BCUT2D eigenvalue weighted by molar-refractivity contribution is -0.385. The molecule has 0 spiro atoms. The van der Waals surface area contributed by atoms with Crippen molar-refractivity contribution in [2.24, 2.45) is 0 Å². The highest BCUT2D eigenvalue weighted by atomic mass is 16.6. The molecule has 1 saturated heterocycles. The molecule has 0 aromatic heterocycles. The van der Waals surface area contributed by atoms with Crippen molar-refractivity contribution < 1.29 is 28.7 Å². The first-order chi connectivity index (χ1) is 15.5. The zero-order chi connectivity index (χ0) is 22.6. The number of hydrogen-bond acceptors (Lipinski definition) is 7. The number of carbonyl (C=O) groups excluding carboxylic acids is 2. The van der Waals surface area contributed by atoms with Crippen LogP contribution in [-0.4, -0.2) is 30.7 Å². The van der Waals surface area contributed by atoms with Gasteiger partial charge in [0.2, 0.25) is 0 Å². The highest BCUT2D eigenvalue weighted by Crippen LogP contribution is 2.57. The minimum absolute atomic E-state index is 0.0518. The van der Waals surface area contributed by atoms with E-state index < -0.39 is 17.1 Å². The van der Waals surface area contributed by atoms with Gasteiger partial charge in [-0.3, -0.25) is 19.7 Å². The lowest BCUT2D eigenvalue weighted by Crippen LogP contribution is -2.23. The summed E-state index contributed by atoms with van der Waals surface area (Å²) in [5, 5.41) is 11.4. The molecule has 0 N–H and O–H groups in total. The maximum atomic E-state index is 13.4. The number of epoxide rings is 1. The van der Waals surface area contributed by atoms with E-state index in [1.807, 2.05) is 0 Å². The van der Waals surface area contributed by atoms with Crippen LogP contribution in [0.1, 0.15) is 55.2 Å². The summed E-state index contributed by atoms with van der Waals surface area (Å²) in [5.74, 6) is -0.251. The van der Waals surface area contributed by atoms with Crippen molar-refractivity contribution >= 4 is 17.3 Å². The van der Waals surface area contributed by atoms with E-state index in [0.717, 1.165) is 0 Å². The third kappa shape index (κ3) is 2.80. The van der Waals surface area contributed by atoms with Crippen molar-refractivity contribution in [3.63, 3.8) is 0 Å². The summed E-state index contributed by atoms with van der Waals surface area (Å²) in [7, 11) is 2.82. The van der Waals surface area contributed by atoms with E-state index in [4.69, 9.17) is 14.2 Å². The number of nitro benzene ring substituents is 1. The number of benzene rings is 3. The van der Waals surface area contributed by atoms with E-state index in [9.17, 15) is 19.7 Å². The molecule has 2 atom stereocenters. The van der Waals surface area contributed by atoms with Crippen LogP contribution >= 0.6 is 0 Å². The van der Waals surface area contributed by atoms with E-state index in [1.54, 1.807) is 48.5 Å². The molecule has 2 unspecified atom stereocenters. The van der Waals surface area contributed by atoms with E-state index in [2.05, 4.69) is 0 Å². The maximum absolute atomic E-state index is 13.4. The van der Waals surface area contributed by atoms with E-state index in [0.29, 0.717) is 16.7 Å². The van der Waals surface area contributed by atoms with Gasteiger partial charge in [0.25, 0.3) is 5.69 Å². The molecule has 2 aliphatic rings. The van der Waals surface area contributed by atoms with Gasteiger partial charge in [-0.1, -0.05) is 36.4 Å². The van der Waals surface area contributed by atoms with Crippen molar-refractivity contribution in [3.8, 4) is 11.5 Å². The van der Waals surface area contributed by atoms with Crippen molar-refractivity contribution in [1.82, 2.24) is 0 Å². The van der Waals surface area contributed by atoms with Crippen LogP contribution in [0.4, 0.5) is 5.69 Å². The van der Waals surface area contributed by atoms with Crippen LogP contribution in [0.2, 0.25) is 0 Å². The monoisotopic (exact) mass is 431 g/mol.